The van der Waals surface area contributed by atoms with Gasteiger partial charge < -0.3 is 9.80 Å². The van der Waals surface area contributed by atoms with Gasteiger partial charge in [-0.1, -0.05) is 29.8 Å². The summed E-state index contributed by atoms with van der Waals surface area (Å²) in [5.74, 6) is 1.34. The number of hydrogen-bond donors (Lipinski definition) is 0. The standard InChI is InChI=1S/C19H26N2O/c1-15-3-2-4-17(11-15)13-21-10-8-19(18(21)22)7-9-20(14-19)12-16-5-6-16/h2-4,11,16H,5-10,12-14H2,1H3. The lowest BCUT2D eigenvalue weighted by atomic mass is 9.85. The number of carbonyl (C=O) groups excluding carboxylic acids is 1. The fourth-order valence-corrected chi connectivity index (χ4v) is 4.23. The molecule has 22 heavy (non-hydrogen) atoms. The highest BCUT2D eigenvalue weighted by Gasteiger charge is 2.50. The van der Waals surface area contributed by atoms with Gasteiger partial charge in [0, 0.05) is 26.2 Å². The van der Waals surface area contributed by atoms with Crippen LogP contribution in [0.25, 0.3) is 0 Å². The molecule has 1 aliphatic carbocycles. The molecule has 118 valence electrons. The van der Waals surface area contributed by atoms with E-state index in [0.29, 0.717) is 5.91 Å². The minimum Gasteiger partial charge on any atom is -0.338 e. The summed E-state index contributed by atoms with van der Waals surface area (Å²) in [7, 11) is 0. The molecule has 0 N–H and O–H groups in total. The van der Waals surface area contributed by atoms with Crippen LogP contribution >= 0.6 is 0 Å². The third kappa shape index (κ3) is 2.67. The van der Waals surface area contributed by atoms with E-state index in [2.05, 4.69) is 41.0 Å². The van der Waals surface area contributed by atoms with Gasteiger partial charge in [0.25, 0.3) is 0 Å². The van der Waals surface area contributed by atoms with Gasteiger partial charge in [0.05, 0.1) is 5.41 Å². The Kier molecular flexibility index (Phi) is 3.48. The number of aryl methyl sites for hydroxylation is 1. The van der Waals surface area contributed by atoms with E-state index in [0.717, 1.165) is 44.9 Å². The molecule has 3 heteroatoms. The zero-order chi connectivity index (χ0) is 15.2. The van der Waals surface area contributed by atoms with Crippen LogP contribution in [0.4, 0.5) is 0 Å². The lowest BCUT2D eigenvalue weighted by Gasteiger charge is -2.24. The second-order valence-corrected chi connectivity index (χ2v) is 7.67. The van der Waals surface area contributed by atoms with E-state index in [1.807, 2.05) is 0 Å². The zero-order valence-corrected chi connectivity index (χ0v) is 13.6. The normalized spacial score (nSPS) is 29.0. The Hall–Kier alpha value is -1.35. The predicted octanol–water partition coefficient (Wildman–Crippen LogP) is 2.83. The van der Waals surface area contributed by atoms with Gasteiger partial charge in [-0.25, -0.2) is 0 Å². The summed E-state index contributed by atoms with van der Waals surface area (Å²) < 4.78 is 0. The molecule has 3 aliphatic rings. The van der Waals surface area contributed by atoms with Crippen molar-refractivity contribution in [1.29, 1.82) is 0 Å². The molecule has 1 aromatic carbocycles. The van der Waals surface area contributed by atoms with Crippen LogP contribution in [0.2, 0.25) is 0 Å². The van der Waals surface area contributed by atoms with Crippen molar-refractivity contribution in [2.24, 2.45) is 11.3 Å². The van der Waals surface area contributed by atoms with Gasteiger partial charge in [0.1, 0.15) is 0 Å². The van der Waals surface area contributed by atoms with Crippen molar-refractivity contribution in [3.8, 4) is 0 Å². The average Bonchev–Trinajstić information content (AvgIpc) is 3.14. The molecule has 1 saturated carbocycles. The SMILES string of the molecule is Cc1cccc(CN2CCC3(CCN(CC4CC4)C3)C2=O)c1. The smallest absolute Gasteiger partial charge is 0.230 e. The topological polar surface area (TPSA) is 23.6 Å². The average molecular weight is 298 g/mol. The van der Waals surface area contributed by atoms with Crippen molar-refractivity contribution >= 4 is 5.91 Å². The Labute approximate surface area is 133 Å². The maximum atomic E-state index is 13.0. The first-order valence-electron chi connectivity index (χ1n) is 8.72. The summed E-state index contributed by atoms with van der Waals surface area (Å²) in [5, 5.41) is 0. The Morgan fingerprint density at radius 2 is 2.05 bits per heavy atom. The van der Waals surface area contributed by atoms with E-state index in [1.165, 1.54) is 30.5 Å². The van der Waals surface area contributed by atoms with Gasteiger partial charge >= 0.3 is 0 Å². The highest BCUT2D eigenvalue weighted by atomic mass is 16.2. The summed E-state index contributed by atoms with van der Waals surface area (Å²) in [6, 6.07) is 8.54. The summed E-state index contributed by atoms with van der Waals surface area (Å²) in [5.41, 5.74) is 2.48. The van der Waals surface area contributed by atoms with Gasteiger partial charge in [-0.3, -0.25) is 4.79 Å². The van der Waals surface area contributed by atoms with Crippen LogP contribution in [-0.4, -0.2) is 41.9 Å². The van der Waals surface area contributed by atoms with Crippen LogP contribution in [0, 0.1) is 18.3 Å². The lowest BCUT2D eigenvalue weighted by Crippen LogP contribution is -2.37. The molecular formula is C19H26N2O. The Morgan fingerprint density at radius 1 is 1.23 bits per heavy atom. The number of carbonyl (C=O) groups is 1. The molecule has 0 radical (unpaired) electrons. The quantitative estimate of drug-likeness (QED) is 0.853. The predicted molar refractivity (Wildman–Crippen MR) is 87.4 cm³/mol. The summed E-state index contributed by atoms with van der Waals surface area (Å²) >= 11 is 0. The number of likely N-dealkylation sites (tertiary alicyclic amines) is 2. The van der Waals surface area contributed by atoms with E-state index in [9.17, 15) is 4.79 Å². The van der Waals surface area contributed by atoms with Crippen molar-refractivity contribution in [3.63, 3.8) is 0 Å². The van der Waals surface area contributed by atoms with Crippen molar-refractivity contribution < 1.29 is 4.79 Å². The molecule has 1 aromatic rings. The zero-order valence-electron chi connectivity index (χ0n) is 13.6. The van der Waals surface area contributed by atoms with Gasteiger partial charge in [-0.2, -0.15) is 0 Å². The number of amides is 1. The fourth-order valence-electron chi connectivity index (χ4n) is 4.23. The van der Waals surface area contributed by atoms with E-state index in [-0.39, 0.29) is 5.41 Å². The van der Waals surface area contributed by atoms with Gasteiger partial charge in [-0.05, 0) is 50.6 Å². The van der Waals surface area contributed by atoms with Crippen LogP contribution in [0.3, 0.4) is 0 Å². The molecule has 1 amide bonds. The van der Waals surface area contributed by atoms with Crippen LogP contribution in [-0.2, 0) is 11.3 Å². The van der Waals surface area contributed by atoms with Gasteiger partial charge in [0.2, 0.25) is 5.91 Å². The summed E-state index contributed by atoms with van der Waals surface area (Å²) in [6.07, 6.45) is 4.93. The lowest BCUT2D eigenvalue weighted by molar-refractivity contribution is -0.136. The van der Waals surface area contributed by atoms with E-state index in [4.69, 9.17) is 0 Å². The fraction of sp³-hybridized carbons (Fsp3) is 0.632. The molecule has 3 fully saturated rings. The van der Waals surface area contributed by atoms with Gasteiger partial charge in [0.15, 0.2) is 0 Å². The first kappa shape index (κ1) is 14.3. The first-order chi connectivity index (χ1) is 10.6. The van der Waals surface area contributed by atoms with Crippen LogP contribution < -0.4 is 0 Å². The Morgan fingerprint density at radius 3 is 2.82 bits per heavy atom. The minimum atomic E-state index is -0.0568. The number of nitrogens with zero attached hydrogens (tertiary/aromatic N) is 2. The van der Waals surface area contributed by atoms with E-state index in [1.54, 1.807) is 0 Å². The Balaban J connectivity index is 1.41. The molecule has 2 heterocycles. The van der Waals surface area contributed by atoms with Crippen molar-refractivity contribution in [2.75, 3.05) is 26.2 Å². The van der Waals surface area contributed by atoms with Crippen molar-refractivity contribution in [1.82, 2.24) is 9.80 Å². The number of benzene rings is 1. The largest absolute Gasteiger partial charge is 0.338 e. The first-order valence-corrected chi connectivity index (χ1v) is 8.72. The highest BCUT2D eigenvalue weighted by Crippen LogP contribution is 2.42. The maximum Gasteiger partial charge on any atom is 0.230 e. The van der Waals surface area contributed by atoms with Gasteiger partial charge in [-0.15, -0.1) is 0 Å². The Bertz CT molecular complexity index is 581. The summed E-state index contributed by atoms with van der Waals surface area (Å²) in [4.78, 5) is 17.6. The molecule has 0 aromatic heterocycles. The van der Waals surface area contributed by atoms with Crippen molar-refractivity contribution in [3.05, 3.63) is 35.4 Å². The van der Waals surface area contributed by atoms with E-state index < -0.39 is 0 Å². The van der Waals surface area contributed by atoms with Crippen LogP contribution in [0.5, 0.6) is 0 Å². The van der Waals surface area contributed by atoms with Crippen LogP contribution in [0.1, 0.15) is 36.8 Å². The molecule has 3 nitrogen and oxygen atoms in total. The third-order valence-electron chi connectivity index (χ3n) is 5.70. The molecule has 2 saturated heterocycles. The molecule has 2 aliphatic heterocycles. The second-order valence-electron chi connectivity index (χ2n) is 7.67. The number of rotatable bonds is 4. The summed E-state index contributed by atoms with van der Waals surface area (Å²) in [6.45, 7) is 7.19. The molecule has 0 bridgehead atoms. The third-order valence-corrected chi connectivity index (χ3v) is 5.70. The monoisotopic (exact) mass is 298 g/mol. The molecule has 1 unspecified atom stereocenters. The highest BCUT2D eigenvalue weighted by molar-refractivity contribution is 5.85. The maximum absolute atomic E-state index is 13.0. The minimum absolute atomic E-state index is 0.0568. The molecule has 4 rings (SSSR count). The number of hydrogen-bond acceptors (Lipinski definition) is 2. The van der Waals surface area contributed by atoms with E-state index >= 15 is 0 Å². The second kappa shape index (κ2) is 5.38. The molecule has 1 atom stereocenters. The molecular weight excluding hydrogens is 272 g/mol. The van der Waals surface area contributed by atoms with Crippen molar-refractivity contribution in [2.45, 2.75) is 39.2 Å². The molecule has 1 spiro atoms. The van der Waals surface area contributed by atoms with Crippen LogP contribution in [0.15, 0.2) is 24.3 Å².